The summed E-state index contributed by atoms with van der Waals surface area (Å²) in [6, 6.07) is 8.46. The van der Waals surface area contributed by atoms with Gasteiger partial charge in [0, 0.05) is 18.3 Å². The lowest BCUT2D eigenvalue weighted by Crippen LogP contribution is -2.10. The molecule has 4 aromatic rings. The third-order valence-electron chi connectivity index (χ3n) is 3.89. The molecule has 0 atom stereocenters. The van der Waals surface area contributed by atoms with E-state index in [1.165, 1.54) is 6.07 Å². The molecular formula is C18H15N3O4. The summed E-state index contributed by atoms with van der Waals surface area (Å²) >= 11 is 0. The number of hydrogen-bond donors (Lipinski definition) is 1. The Hall–Kier alpha value is -3.35. The maximum atomic E-state index is 12.5. The van der Waals surface area contributed by atoms with Crippen molar-refractivity contribution in [1.82, 2.24) is 9.78 Å². The molecule has 1 aromatic carbocycles. The highest BCUT2D eigenvalue weighted by Gasteiger charge is 2.18. The minimum absolute atomic E-state index is 0.00320. The van der Waals surface area contributed by atoms with Crippen molar-refractivity contribution in [3.05, 3.63) is 58.7 Å². The van der Waals surface area contributed by atoms with Crippen molar-refractivity contribution in [2.45, 2.75) is 19.9 Å². The second-order valence-electron chi connectivity index (χ2n) is 6.00. The maximum Gasteiger partial charge on any atom is 0.302 e. The predicted octanol–water partition coefficient (Wildman–Crippen LogP) is 3.57. The number of benzene rings is 1. The molecule has 126 valence electrons. The van der Waals surface area contributed by atoms with Crippen LogP contribution in [0, 0.1) is 0 Å². The van der Waals surface area contributed by atoms with Gasteiger partial charge in [0.05, 0.1) is 17.3 Å². The van der Waals surface area contributed by atoms with Crippen LogP contribution >= 0.6 is 0 Å². The standard InChI is InChI=1S/C18H15N3O4/c1-10(2)21-9-11(8-19-21)20-17(23)15-7-13-16(22)12-5-3-4-6-14(12)24-18(13)25-15/h3-10H,1-2H3,(H,20,23). The van der Waals surface area contributed by atoms with Crippen LogP contribution in [0.4, 0.5) is 5.69 Å². The summed E-state index contributed by atoms with van der Waals surface area (Å²) in [4.78, 5) is 24.9. The lowest BCUT2D eigenvalue weighted by molar-refractivity contribution is 0.0997. The highest BCUT2D eigenvalue weighted by molar-refractivity contribution is 6.04. The topological polar surface area (TPSA) is 90.3 Å². The number of furan rings is 1. The van der Waals surface area contributed by atoms with Gasteiger partial charge in [-0.3, -0.25) is 14.3 Å². The van der Waals surface area contributed by atoms with Crippen LogP contribution in [0.5, 0.6) is 0 Å². The van der Waals surface area contributed by atoms with Crippen molar-refractivity contribution in [3.63, 3.8) is 0 Å². The van der Waals surface area contributed by atoms with Crippen LogP contribution in [0.15, 0.2) is 56.4 Å². The SMILES string of the molecule is CC(C)n1cc(NC(=O)c2cc3c(=O)c4ccccc4oc3o2)cn1. The van der Waals surface area contributed by atoms with Gasteiger partial charge < -0.3 is 14.2 Å². The Morgan fingerprint density at radius 3 is 2.76 bits per heavy atom. The molecule has 0 bridgehead atoms. The maximum absolute atomic E-state index is 12.5. The fourth-order valence-corrected chi connectivity index (χ4v) is 2.59. The first-order valence-corrected chi connectivity index (χ1v) is 7.84. The molecular weight excluding hydrogens is 322 g/mol. The van der Waals surface area contributed by atoms with E-state index < -0.39 is 5.91 Å². The van der Waals surface area contributed by atoms with Gasteiger partial charge in [-0.05, 0) is 26.0 Å². The van der Waals surface area contributed by atoms with Crippen molar-refractivity contribution in [2.75, 3.05) is 5.32 Å². The van der Waals surface area contributed by atoms with Crippen LogP contribution in [0.2, 0.25) is 0 Å². The number of anilines is 1. The largest absolute Gasteiger partial charge is 0.425 e. The average Bonchev–Trinajstić information content (AvgIpc) is 3.22. The van der Waals surface area contributed by atoms with Gasteiger partial charge in [-0.2, -0.15) is 5.10 Å². The van der Waals surface area contributed by atoms with Crippen LogP contribution in [0.3, 0.4) is 0 Å². The number of rotatable bonds is 3. The highest BCUT2D eigenvalue weighted by atomic mass is 16.5. The van der Waals surface area contributed by atoms with Crippen molar-refractivity contribution in [2.24, 2.45) is 0 Å². The van der Waals surface area contributed by atoms with Crippen molar-refractivity contribution >= 4 is 33.7 Å². The van der Waals surface area contributed by atoms with Gasteiger partial charge in [0.25, 0.3) is 5.91 Å². The van der Waals surface area contributed by atoms with E-state index in [-0.39, 0.29) is 28.4 Å². The first-order valence-electron chi connectivity index (χ1n) is 7.84. The van der Waals surface area contributed by atoms with Gasteiger partial charge in [-0.15, -0.1) is 0 Å². The molecule has 1 amide bonds. The normalized spacial score (nSPS) is 11.5. The van der Waals surface area contributed by atoms with Gasteiger partial charge in [0.15, 0.2) is 5.76 Å². The smallest absolute Gasteiger partial charge is 0.302 e. The van der Waals surface area contributed by atoms with Gasteiger partial charge in [-0.25, -0.2) is 0 Å². The van der Waals surface area contributed by atoms with E-state index >= 15 is 0 Å². The van der Waals surface area contributed by atoms with Gasteiger partial charge >= 0.3 is 5.78 Å². The first-order chi connectivity index (χ1) is 12.0. The number of para-hydroxylation sites is 1. The van der Waals surface area contributed by atoms with Gasteiger partial charge in [0.1, 0.15) is 11.0 Å². The van der Waals surface area contributed by atoms with E-state index in [0.717, 1.165) is 0 Å². The van der Waals surface area contributed by atoms with Crippen molar-refractivity contribution in [1.29, 1.82) is 0 Å². The van der Waals surface area contributed by atoms with Crippen LogP contribution in [-0.4, -0.2) is 15.7 Å². The molecule has 0 radical (unpaired) electrons. The Morgan fingerprint density at radius 2 is 2.00 bits per heavy atom. The van der Waals surface area contributed by atoms with Crippen LogP contribution < -0.4 is 10.7 Å². The van der Waals surface area contributed by atoms with E-state index in [2.05, 4.69) is 10.4 Å². The Labute approximate surface area is 141 Å². The number of carbonyl (C=O) groups excluding carboxylic acids is 1. The molecule has 0 aliphatic carbocycles. The predicted molar refractivity (Wildman–Crippen MR) is 92.8 cm³/mol. The van der Waals surface area contributed by atoms with E-state index in [4.69, 9.17) is 8.83 Å². The molecule has 7 heteroatoms. The molecule has 3 aromatic heterocycles. The molecule has 0 saturated carbocycles. The second-order valence-corrected chi connectivity index (χ2v) is 6.00. The van der Waals surface area contributed by atoms with Crippen LogP contribution in [0.25, 0.3) is 22.1 Å². The van der Waals surface area contributed by atoms with Crippen LogP contribution in [0.1, 0.15) is 30.4 Å². The zero-order valence-corrected chi connectivity index (χ0v) is 13.6. The molecule has 0 aliphatic rings. The quantitative estimate of drug-likeness (QED) is 0.617. The summed E-state index contributed by atoms with van der Waals surface area (Å²) < 4.78 is 12.7. The molecule has 1 N–H and O–H groups in total. The number of hydrogen-bond acceptors (Lipinski definition) is 5. The van der Waals surface area contributed by atoms with E-state index in [1.807, 2.05) is 13.8 Å². The average molecular weight is 337 g/mol. The number of carbonyl (C=O) groups is 1. The number of amides is 1. The molecule has 7 nitrogen and oxygen atoms in total. The Morgan fingerprint density at radius 1 is 1.20 bits per heavy atom. The third-order valence-corrected chi connectivity index (χ3v) is 3.89. The van der Waals surface area contributed by atoms with Crippen molar-refractivity contribution in [3.8, 4) is 0 Å². The zero-order valence-electron chi connectivity index (χ0n) is 13.6. The summed E-state index contributed by atoms with van der Waals surface area (Å²) in [6.45, 7) is 3.97. The summed E-state index contributed by atoms with van der Waals surface area (Å²) in [5.41, 5.74) is 0.732. The Bertz CT molecular complexity index is 1150. The second kappa shape index (κ2) is 5.62. The van der Waals surface area contributed by atoms with Gasteiger partial charge in [0.2, 0.25) is 5.43 Å². The van der Waals surface area contributed by atoms with Crippen molar-refractivity contribution < 1.29 is 13.6 Å². The number of fused-ring (bicyclic) bond motifs is 2. The summed E-state index contributed by atoms with van der Waals surface area (Å²) in [5, 5.41) is 7.54. The van der Waals surface area contributed by atoms with Crippen LogP contribution in [-0.2, 0) is 0 Å². The molecule has 0 fully saturated rings. The number of nitrogens with one attached hydrogen (secondary N) is 1. The molecule has 0 spiro atoms. The zero-order chi connectivity index (χ0) is 17.6. The number of nitrogens with zero attached hydrogens (tertiary/aromatic N) is 2. The Kier molecular flexibility index (Phi) is 3.42. The molecule has 0 saturated heterocycles. The summed E-state index contributed by atoms with van der Waals surface area (Å²) in [7, 11) is 0. The minimum Gasteiger partial charge on any atom is -0.425 e. The summed E-state index contributed by atoms with van der Waals surface area (Å²) in [5.74, 6) is -0.437. The molecule has 4 rings (SSSR count). The molecule has 0 unspecified atom stereocenters. The fourth-order valence-electron chi connectivity index (χ4n) is 2.59. The minimum atomic E-state index is -0.474. The first kappa shape index (κ1) is 15.2. The fraction of sp³-hybridized carbons (Fsp3) is 0.167. The van der Waals surface area contributed by atoms with E-state index in [9.17, 15) is 9.59 Å². The van der Waals surface area contributed by atoms with Gasteiger partial charge in [-0.1, -0.05) is 12.1 Å². The lowest BCUT2D eigenvalue weighted by atomic mass is 10.2. The Balaban J connectivity index is 1.71. The van der Waals surface area contributed by atoms with E-state index in [1.54, 1.807) is 41.3 Å². The molecule has 3 heterocycles. The lowest BCUT2D eigenvalue weighted by Gasteiger charge is -2.03. The third kappa shape index (κ3) is 2.59. The molecule has 25 heavy (non-hydrogen) atoms. The monoisotopic (exact) mass is 337 g/mol. The van der Waals surface area contributed by atoms with E-state index in [0.29, 0.717) is 16.7 Å². The molecule has 0 aliphatic heterocycles. The number of aromatic nitrogens is 2. The summed E-state index contributed by atoms with van der Waals surface area (Å²) in [6.07, 6.45) is 3.28. The highest BCUT2D eigenvalue weighted by Crippen LogP contribution is 2.22.